The molecule has 0 aliphatic heterocycles. The van der Waals surface area contributed by atoms with Gasteiger partial charge in [0.15, 0.2) is 0 Å². The summed E-state index contributed by atoms with van der Waals surface area (Å²) in [6.07, 6.45) is 0.721. The number of rotatable bonds is 9. The zero-order valence-corrected chi connectivity index (χ0v) is 15.3. The third-order valence-corrected chi connectivity index (χ3v) is 3.84. The number of carboxylic acids is 1. The summed E-state index contributed by atoms with van der Waals surface area (Å²) in [6.45, 7) is 2.76. The molecule has 4 nitrogen and oxygen atoms in total. The van der Waals surface area contributed by atoms with Crippen LogP contribution in [0.1, 0.15) is 31.2 Å². The van der Waals surface area contributed by atoms with Gasteiger partial charge < -0.3 is 14.6 Å². The SMILES string of the molecule is CC#C[C@@H](CC(=O)O)c1ccc(OCCCOc2cccc(Cl)c2)cc1. The van der Waals surface area contributed by atoms with Crippen LogP contribution in [0.5, 0.6) is 11.5 Å². The first-order chi connectivity index (χ1) is 12.6. The molecule has 0 radical (unpaired) electrons. The summed E-state index contributed by atoms with van der Waals surface area (Å²) in [5, 5.41) is 9.63. The molecular weight excluding hydrogens is 352 g/mol. The predicted octanol–water partition coefficient (Wildman–Crippen LogP) is 4.77. The molecule has 26 heavy (non-hydrogen) atoms. The molecule has 2 aromatic carbocycles. The van der Waals surface area contributed by atoms with Crippen LogP contribution in [0.3, 0.4) is 0 Å². The average molecular weight is 373 g/mol. The normalized spacial score (nSPS) is 11.2. The minimum Gasteiger partial charge on any atom is -0.493 e. The summed E-state index contributed by atoms with van der Waals surface area (Å²) in [7, 11) is 0. The van der Waals surface area contributed by atoms with Crippen molar-refractivity contribution in [3.63, 3.8) is 0 Å². The Morgan fingerprint density at radius 3 is 2.42 bits per heavy atom. The lowest BCUT2D eigenvalue weighted by Crippen LogP contribution is -2.06. The standard InChI is InChI=1S/C21H21ClO4/c1-2-5-17(14-21(23)24)16-8-10-19(11-9-16)25-12-4-13-26-20-7-3-6-18(22)15-20/h3,6-11,15,17H,4,12-14H2,1H3,(H,23,24)/t17-/m0/s1. The second kappa shape index (κ2) is 10.4. The Morgan fingerprint density at radius 1 is 1.12 bits per heavy atom. The van der Waals surface area contributed by atoms with E-state index in [-0.39, 0.29) is 12.3 Å². The smallest absolute Gasteiger partial charge is 0.304 e. The molecule has 0 amide bonds. The van der Waals surface area contributed by atoms with E-state index in [0.717, 1.165) is 23.5 Å². The van der Waals surface area contributed by atoms with Crippen molar-refractivity contribution < 1.29 is 19.4 Å². The Kier molecular flexibility index (Phi) is 7.85. The van der Waals surface area contributed by atoms with E-state index >= 15 is 0 Å². The summed E-state index contributed by atoms with van der Waals surface area (Å²) in [5.74, 6) is 6.02. The number of carboxylic acid groups (broad SMARTS) is 1. The van der Waals surface area contributed by atoms with Gasteiger partial charge in [-0.1, -0.05) is 35.7 Å². The van der Waals surface area contributed by atoms with Gasteiger partial charge in [0.25, 0.3) is 0 Å². The first-order valence-corrected chi connectivity index (χ1v) is 8.71. The van der Waals surface area contributed by atoms with Crippen molar-refractivity contribution in [1.29, 1.82) is 0 Å². The fourth-order valence-electron chi connectivity index (χ4n) is 2.39. The Balaban J connectivity index is 1.77. The zero-order valence-electron chi connectivity index (χ0n) is 14.6. The molecule has 1 atom stereocenters. The maximum Gasteiger partial charge on any atom is 0.304 e. The number of halogens is 1. The van der Waals surface area contributed by atoms with Crippen molar-refractivity contribution in [1.82, 2.24) is 0 Å². The fourth-order valence-corrected chi connectivity index (χ4v) is 2.57. The van der Waals surface area contributed by atoms with Gasteiger partial charge in [0.05, 0.1) is 25.6 Å². The highest BCUT2D eigenvalue weighted by Gasteiger charge is 2.13. The van der Waals surface area contributed by atoms with E-state index in [1.807, 2.05) is 36.4 Å². The summed E-state index contributed by atoms with van der Waals surface area (Å²) >= 11 is 5.90. The van der Waals surface area contributed by atoms with Gasteiger partial charge in [-0.2, -0.15) is 0 Å². The van der Waals surface area contributed by atoms with E-state index in [2.05, 4.69) is 11.8 Å². The second-order valence-electron chi connectivity index (χ2n) is 5.62. The van der Waals surface area contributed by atoms with E-state index in [0.29, 0.717) is 18.2 Å². The van der Waals surface area contributed by atoms with E-state index in [9.17, 15) is 4.79 Å². The van der Waals surface area contributed by atoms with Crippen LogP contribution in [0.15, 0.2) is 48.5 Å². The minimum absolute atomic E-state index is 0.0120. The van der Waals surface area contributed by atoms with Gasteiger partial charge in [-0.25, -0.2) is 0 Å². The molecule has 0 spiro atoms. The molecule has 0 aromatic heterocycles. The van der Waals surface area contributed by atoms with Crippen LogP contribution >= 0.6 is 11.6 Å². The largest absolute Gasteiger partial charge is 0.493 e. The van der Waals surface area contributed by atoms with Gasteiger partial charge >= 0.3 is 5.97 Å². The third-order valence-electron chi connectivity index (χ3n) is 3.60. The van der Waals surface area contributed by atoms with Gasteiger partial charge in [0, 0.05) is 11.4 Å². The first kappa shape index (κ1) is 19.7. The van der Waals surface area contributed by atoms with Crippen molar-refractivity contribution in [3.8, 4) is 23.3 Å². The molecule has 0 bridgehead atoms. The van der Waals surface area contributed by atoms with E-state index < -0.39 is 5.97 Å². The van der Waals surface area contributed by atoms with Crippen molar-refractivity contribution in [2.24, 2.45) is 0 Å². The number of hydrogen-bond acceptors (Lipinski definition) is 3. The van der Waals surface area contributed by atoms with Crippen LogP contribution < -0.4 is 9.47 Å². The zero-order chi connectivity index (χ0) is 18.8. The molecule has 1 N–H and O–H groups in total. The third kappa shape index (κ3) is 6.70. The van der Waals surface area contributed by atoms with Crippen molar-refractivity contribution in [2.75, 3.05) is 13.2 Å². The van der Waals surface area contributed by atoms with Gasteiger partial charge in [-0.05, 0) is 42.8 Å². The number of aliphatic carboxylic acids is 1. The molecule has 0 fully saturated rings. The molecule has 2 rings (SSSR count). The Labute approximate surface area is 158 Å². The molecule has 0 aliphatic rings. The van der Waals surface area contributed by atoms with Crippen LogP contribution in [0.2, 0.25) is 5.02 Å². The Bertz CT molecular complexity index is 775. The molecule has 2 aromatic rings. The van der Waals surface area contributed by atoms with Gasteiger partial charge in [-0.15, -0.1) is 5.92 Å². The maximum atomic E-state index is 10.9. The lowest BCUT2D eigenvalue weighted by atomic mass is 9.96. The molecule has 0 saturated carbocycles. The maximum absolute atomic E-state index is 10.9. The molecule has 136 valence electrons. The molecule has 5 heteroatoms. The average Bonchev–Trinajstić information content (AvgIpc) is 2.61. The number of carbonyl (C=O) groups is 1. The Hall–Kier alpha value is -2.64. The van der Waals surface area contributed by atoms with Crippen molar-refractivity contribution in [3.05, 3.63) is 59.1 Å². The highest BCUT2D eigenvalue weighted by molar-refractivity contribution is 6.30. The van der Waals surface area contributed by atoms with E-state index in [1.165, 1.54) is 0 Å². The number of benzene rings is 2. The lowest BCUT2D eigenvalue weighted by Gasteiger charge is -2.11. The number of ether oxygens (including phenoxy) is 2. The fraction of sp³-hybridized carbons (Fsp3) is 0.286. The topological polar surface area (TPSA) is 55.8 Å². The Morgan fingerprint density at radius 2 is 1.81 bits per heavy atom. The van der Waals surface area contributed by atoms with Gasteiger partial charge in [0.1, 0.15) is 11.5 Å². The van der Waals surface area contributed by atoms with Crippen LogP contribution in [0, 0.1) is 11.8 Å². The highest BCUT2D eigenvalue weighted by Crippen LogP contribution is 2.22. The van der Waals surface area contributed by atoms with E-state index in [4.69, 9.17) is 26.2 Å². The predicted molar refractivity (Wildman–Crippen MR) is 102 cm³/mol. The molecular formula is C21H21ClO4. The first-order valence-electron chi connectivity index (χ1n) is 8.33. The van der Waals surface area contributed by atoms with Crippen LogP contribution in [-0.2, 0) is 4.79 Å². The molecule has 0 saturated heterocycles. The van der Waals surface area contributed by atoms with Crippen molar-refractivity contribution >= 4 is 17.6 Å². The summed E-state index contributed by atoms with van der Waals surface area (Å²) in [6, 6.07) is 14.7. The monoisotopic (exact) mass is 372 g/mol. The van der Waals surface area contributed by atoms with Crippen LogP contribution in [-0.4, -0.2) is 24.3 Å². The quantitative estimate of drug-likeness (QED) is 0.509. The number of hydrogen-bond donors (Lipinski definition) is 1. The van der Waals surface area contributed by atoms with Crippen molar-refractivity contribution in [2.45, 2.75) is 25.7 Å². The lowest BCUT2D eigenvalue weighted by molar-refractivity contribution is -0.137. The summed E-state index contributed by atoms with van der Waals surface area (Å²) < 4.78 is 11.3. The van der Waals surface area contributed by atoms with Gasteiger partial charge in [-0.3, -0.25) is 4.79 Å². The van der Waals surface area contributed by atoms with Gasteiger partial charge in [0.2, 0.25) is 0 Å². The molecule has 0 aliphatic carbocycles. The molecule has 0 heterocycles. The second-order valence-corrected chi connectivity index (χ2v) is 6.06. The summed E-state index contributed by atoms with van der Waals surface area (Å²) in [5.41, 5.74) is 0.874. The summed E-state index contributed by atoms with van der Waals surface area (Å²) in [4.78, 5) is 10.9. The van der Waals surface area contributed by atoms with Crippen LogP contribution in [0.25, 0.3) is 0 Å². The highest BCUT2D eigenvalue weighted by atomic mass is 35.5. The minimum atomic E-state index is -0.863. The molecule has 0 unspecified atom stereocenters. The van der Waals surface area contributed by atoms with E-state index in [1.54, 1.807) is 19.1 Å². The van der Waals surface area contributed by atoms with Crippen LogP contribution in [0.4, 0.5) is 0 Å².